The maximum absolute atomic E-state index is 5.40. The van der Waals surface area contributed by atoms with Crippen molar-refractivity contribution in [3.63, 3.8) is 0 Å². The number of methoxy groups -OCH3 is 2. The molecule has 124 valence electrons. The monoisotopic (exact) mass is 322 g/mol. The van der Waals surface area contributed by atoms with Gasteiger partial charge >= 0.3 is 0 Å². The predicted octanol–water partition coefficient (Wildman–Crippen LogP) is 3.07. The van der Waals surface area contributed by atoms with Crippen molar-refractivity contribution in [3.05, 3.63) is 71.8 Å². The van der Waals surface area contributed by atoms with Gasteiger partial charge in [-0.1, -0.05) is 42.5 Å². The molecule has 0 saturated carbocycles. The second kappa shape index (κ2) is 7.37. The van der Waals surface area contributed by atoms with E-state index in [1.807, 2.05) is 6.07 Å². The molecule has 0 aliphatic carbocycles. The van der Waals surface area contributed by atoms with Crippen LogP contribution in [0.3, 0.4) is 0 Å². The van der Waals surface area contributed by atoms with Gasteiger partial charge in [0, 0.05) is 11.1 Å². The molecule has 3 aromatic carbocycles. The summed E-state index contributed by atoms with van der Waals surface area (Å²) in [6.45, 7) is 1.92. The summed E-state index contributed by atoms with van der Waals surface area (Å²) < 4.78 is 10.7. The number of ether oxygens (including phenoxy) is 2. The zero-order chi connectivity index (χ0) is 16.9. The molecule has 0 spiro atoms. The average Bonchev–Trinajstić information content (AvgIpc) is 2.62. The minimum Gasteiger partial charge on any atom is -0.493 e. The van der Waals surface area contributed by atoms with E-state index >= 15 is 0 Å². The van der Waals surface area contributed by atoms with Gasteiger partial charge in [-0.05, 0) is 29.0 Å². The summed E-state index contributed by atoms with van der Waals surface area (Å²) >= 11 is 0. The van der Waals surface area contributed by atoms with Crippen LogP contribution in [0.2, 0.25) is 0 Å². The second-order valence-electron chi connectivity index (χ2n) is 6.14. The summed E-state index contributed by atoms with van der Waals surface area (Å²) in [5.74, 6) is 1.56. The molecule has 0 aliphatic rings. The van der Waals surface area contributed by atoms with Gasteiger partial charge in [-0.2, -0.15) is 0 Å². The first-order chi connectivity index (χ1) is 11.7. The molecule has 0 heterocycles. The van der Waals surface area contributed by atoms with Crippen molar-refractivity contribution < 1.29 is 14.4 Å². The lowest BCUT2D eigenvalue weighted by Gasteiger charge is -2.16. The number of quaternary nitrogens is 1. The SMILES string of the molecule is COc1ccc(C[NH+](C)Cc2cccc3ccccc23)cc1OC. The van der Waals surface area contributed by atoms with Crippen molar-refractivity contribution in [2.45, 2.75) is 13.1 Å². The molecule has 0 aliphatic heterocycles. The molecule has 0 radical (unpaired) electrons. The number of rotatable bonds is 6. The van der Waals surface area contributed by atoms with Crippen LogP contribution in [0.15, 0.2) is 60.7 Å². The summed E-state index contributed by atoms with van der Waals surface area (Å²) in [4.78, 5) is 1.43. The molecule has 1 N–H and O–H groups in total. The van der Waals surface area contributed by atoms with Gasteiger partial charge in [0.25, 0.3) is 0 Å². The molecule has 0 fully saturated rings. The fourth-order valence-electron chi connectivity index (χ4n) is 3.17. The Morgan fingerprint density at radius 1 is 0.792 bits per heavy atom. The van der Waals surface area contributed by atoms with Gasteiger partial charge in [0.2, 0.25) is 0 Å². The fraction of sp³-hybridized carbons (Fsp3) is 0.238. The Morgan fingerprint density at radius 2 is 1.54 bits per heavy atom. The summed E-state index contributed by atoms with van der Waals surface area (Å²) in [6.07, 6.45) is 0. The summed E-state index contributed by atoms with van der Waals surface area (Å²) in [7, 11) is 5.56. The van der Waals surface area contributed by atoms with E-state index in [0.29, 0.717) is 0 Å². The Bertz CT molecular complexity index is 824. The zero-order valence-electron chi connectivity index (χ0n) is 14.5. The van der Waals surface area contributed by atoms with Gasteiger partial charge in [0.05, 0.1) is 21.3 Å². The first-order valence-electron chi connectivity index (χ1n) is 8.20. The lowest BCUT2D eigenvalue weighted by Crippen LogP contribution is -3.06. The van der Waals surface area contributed by atoms with E-state index in [4.69, 9.17) is 9.47 Å². The van der Waals surface area contributed by atoms with E-state index < -0.39 is 0 Å². The van der Waals surface area contributed by atoms with Crippen LogP contribution >= 0.6 is 0 Å². The van der Waals surface area contributed by atoms with Crippen LogP contribution in [0.1, 0.15) is 11.1 Å². The third kappa shape index (κ3) is 3.52. The van der Waals surface area contributed by atoms with Crippen molar-refractivity contribution in [1.29, 1.82) is 0 Å². The first kappa shape index (κ1) is 16.3. The van der Waals surface area contributed by atoms with Crippen molar-refractivity contribution in [2.75, 3.05) is 21.3 Å². The van der Waals surface area contributed by atoms with Crippen LogP contribution in [-0.4, -0.2) is 21.3 Å². The molecule has 24 heavy (non-hydrogen) atoms. The quantitative estimate of drug-likeness (QED) is 0.754. The Kier molecular flexibility index (Phi) is 5.02. The highest BCUT2D eigenvalue weighted by atomic mass is 16.5. The maximum atomic E-state index is 5.40. The molecule has 0 amide bonds. The molecule has 0 saturated heterocycles. The molecule has 0 bridgehead atoms. The van der Waals surface area contributed by atoms with E-state index in [0.717, 1.165) is 24.6 Å². The molecule has 1 atom stereocenters. The highest BCUT2D eigenvalue weighted by Crippen LogP contribution is 2.27. The Balaban J connectivity index is 1.77. The van der Waals surface area contributed by atoms with Gasteiger partial charge in [0.1, 0.15) is 13.1 Å². The molecule has 3 nitrogen and oxygen atoms in total. The van der Waals surface area contributed by atoms with Gasteiger partial charge in [-0.25, -0.2) is 0 Å². The molecular weight excluding hydrogens is 298 g/mol. The number of hydrogen-bond donors (Lipinski definition) is 1. The zero-order valence-corrected chi connectivity index (χ0v) is 14.5. The normalized spacial score (nSPS) is 12.1. The highest BCUT2D eigenvalue weighted by Gasteiger charge is 2.11. The van der Waals surface area contributed by atoms with Crippen LogP contribution < -0.4 is 14.4 Å². The summed E-state index contributed by atoms with van der Waals surface area (Å²) in [5.41, 5.74) is 2.62. The molecule has 3 heteroatoms. The molecule has 0 aromatic heterocycles. The largest absolute Gasteiger partial charge is 0.493 e. The van der Waals surface area contributed by atoms with Crippen LogP contribution in [0.25, 0.3) is 10.8 Å². The van der Waals surface area contributed by atoms with Crippen molar-refractivity contribution in [3.8, 4) is 11.5 Å². The van der Waals surface area contributed by atoms with E-state index in [1.54, 1.807) is 14.2 Å². The number of hydrogen-bond acceptors (Lipinski definition) is 2. The average molecular weight is 322 g/mol. The molecule has 3 aromatic rings. The van der Waals surface area contributed by atoms with E-state index in [-0.39, 0.29) is 0 Å². The molecule has 1 unspecified atom stereocenters. The van der Waals surface area contributed by atoms with E-state index in [9.17, 15) is 0 Å². The van der Waals surface area contributed by atoms with Gasteiger partial charge in [-0.3, -0.25) is 0 Å². The van der Waals surface area contributed by atoms with Crippen molar-refractivity contribution in [2.24, 2.45) is 0 Å². The van der Waals surface area contributed by atoms with Crippen LogP contribution in [0.4, 0.5) is 0 Å². The highest BCUT2D eigenvalue weighted by molar-refractivity contribution is 5.85. The van der Waals surface area contributed by atoms with Gasteiger partial charge < -0.3 is 14.4 Å². The Labute approximate surface area is 143 Å². The van der Waals surface area contributed by atoms with E-state index in [1.165, 1.54) is 26.8 Å². The van der Waals surface area contributed by atoms with Crippen molar-refractivity contribution in [1.82, 2.24) is 0 Å². The van der Waals surface area contributed by atoms with Crippen LogP contribution in [0, 0.1) is 0 Å². The summed E-state index contributed by atoms with van der Waals surface area (Å²) in [5, 5.41) is 2.64. The maximum Gasteiger partial charge on any atom is 0.161 e. The van der Waals surface area contributed by atoms with Gasteiger partial charge in [0.15, 0.2) is 11.5 Å². The smallest absolute Gasteiger partial charge is 0.161 e. The second-order valence-corrected chi connectivity index (χ2v) is 6.14. The van der Waals surface area contributed by atoms with Crippen LogP contribution in [0.5, 0.6) is 11.5 Å². The number of nitrogens with one attached hydrogen (secondary N) is 1. The lowest BCUT2D eigenvalue weighted by atomic mass is 10.0. The minimum absolute atomic E-state index is 0.771. The lowest BCUT2D eigenvalue weighted by molar-refractivity contribution is -0.907. The third-order valence-electron chi connectivity index (χ3n) is 4.33. The van der Waals surface area contributed by atoms with Gasteiger partial charge in [-0.15, -0.1) is 0 Å². The number of benzene rings is 3. The molecule has 3 rings (SSSR count). The third-order valence-corrected chi connectivity index (χ3v) is 4.33. The minimum atomic E-state index is 0.771. The Morgan fingerprint density at radius 3 is 2.33 bits per heavy atom. The summed E-state index contributed by atoms with van der Waals surface area (Å²) in [6, 6.07) is 21.2. The topological polar surface area (TPSA) is 22.9 Å². The Hall–Kier alpha value is -2.52. The van der Waals surface area contributed by atoms with Crippen molar-refractivity contribution >= 4 is 10.8 Å². The van der Waals surface area contributed by atoms with Crippen LogP contribution in [-0.2, 0) is 13.1 Å². The fourth-order valence-corrected chi connectivity index (χ4v) is 3.17. The standard InChI is InChI=1S/C21H23NO2/c1-22(14-16-11-12-20(23-2)21(13-16)24-3)15-18-9-6-8-17-7-4-5-10-19(17)18/h4-13H,14-15H2,1-3H3/p+1. The van der Waals surface area contributed by atoms with E-state index in [2.05, 4.69) is 61.6 Å². The number of fused-ring (bicyclic) bond motifs is 1. The first-order valence-corrected chi connectivity index (χ1v) is 8.20. The molecular formula is C21H24NO2+. The predicted molar refractivity (Wildman–Crippen MR) is 97.8 cm³/mol.